The zero-order chi connectivity index (χ0) is 28.9. The molecule has 0 saturated carbocycles. The lowest BCUT2D eigenvalue weighted by Crippen LogP contribution is -2.51. The molecule has 0 radical (unpaired) electrons. The van der Waals surface area contributed by atoms with Gasteiger partial charge in [-0.2, -0.15) is 0 Å². The fourth-order valence-electron chi connectivity index (χ4n) is 4.33. The molecule has 10 nitrogen and oxygen atoms in total. The maximum absolute atomic E-state index is 14.3. The van der Waals surface area contributed by atoms with Gasteiger partial charge < -0.3 is 19.5 Å². The molecule has 1 N–H and O–H groups in total. The fraction of sp³-hybridized carbons (Fsp3) is 0.333. The summed E-state index contributed by atoms with van der Waals surface area (Å²) in [6.07, 6.45) is 0.690. The number of hydrogen-bond acceptors (Lipinski definition) is 7. The standard InChI is InChI=1S/C30H35N5O5/c1-7-30(2,3)31-29(37)28(20-11-10-12-22(15-20)38-4)35(21-16-23(39-5)18-24(17-21)40-6)27(36)19-34-26-14-9-8-13-25(26)32-33-34/h8-18,28H,7,19H2,1-6H3,(H,31,37)/t28-/m1/s1. The van der Waals surface area contributed by atoms with E-state index in [1.807, 2.05) is 45.0 Å². The molecule has 4 rings (SSSR count). The van der Waals surface area contributed by atoms with Crippen LogP contribution in [-0.2, 0) is 16.1 Å². The normalized spacial score (nSPS) is 12.1. The van der Waals surface area contributed by atoms with Crippen molar-refractivity contribution in [2.45, 2.75) is 45.3 Å². The topological polar surface area (TPSA) is 108 Å². The first-order valence-corrected chi connectivity index (χ1v) is 13.0. The number of ether oxygens (including phenoxy) is 3. The molecule has 1 atom stereocenters. The van der Waals surface area contributed by atoms with E-state index in [-0.39, 0.29) is 18.4 Å². The second kappa shape index (κ2) is 12.1. The molecule has 40 heavy (non-hydrogen) atoms. The van der Waals surface area contributed by atoms with Crippen molar-refractivity contribution < 1.29 is 23.8 Å². The van der Waals surface area contributed by atoms with Gasteiger partial charge in [0.2, 0.25) is 11.8 Å². The number of hydrogen-bond donors (Lipinski definition) is 1. The highest BCUT2D eigenvalue weighted by Gasteiger charge is 2.36. The van der Waals surface area contributed by atoms with Crippen LogP contribution in [0.3, 0.4) is 0 Å². The average Bonchev–Trinajstić information content (AvgIpc) is 3.37. The lowest BCUT2D eigenvalue weighted by molar-refractivity contribution is -0.128. The summed E-state index contributed by atoms with van der Waals surface area (Å²) in [7, 11) is 4.62. The number of anilines is 1. The second-order valence-electron chi connectivity index (χ2n) is 9.98. The van der Waals surface area contributed by atoms with E-state index in [0.29, 0.717) is 46.0 Å². The van der Waals surface area contributed by atoms with Crippen molar-refractivity contribution in [3.8, 4) is 17.2 Å². The highest BCUT2D eigenvalue weighted by molar-refractivity contribution is 6.02. The Balaban J connectivity index is 1.90. The summed E-state index contributed by atoms with van der Waals surface area (Å²) in [5.41, 5.74) is 1.84. The second-order valence-corrected chi connectivity index (χ2v) is 9.98. The van der Waals surface area contributed by atoms with Crippen LogP contribution in [0.25, 0.3) is 11.0 Å². The monoisotopic (exact) mass is 545 g/mol. The first kappa shape index (κ1) is 28.4. The number of aromatic nitrogens is 3. The summed E-state index contributed by atoms with van der Waals surface area (Å²) in [5.74, 6) is 0.763. The third-order valence-corrected chi connectivity index (χ3v) is 6.85. The van der Waals surface area contributed by atoms with Gasteiger partial charge in [-0.3, -0.25) is 14.5 Å². The van der Waals surface area contributed by atoms with Crippen molar-refractivity contribution in [1.29, 1.82) is 0 Å². The number of fused-ring (bicyclic) bond motifs is 1. The summed E-state index contributed by atoms with van der Waals surface area (Å²) in [6, 6.07) is 18.6. The van der Waals surface area contributed by atoms with Gasteiger partial charge in [-0.05, 0) is 50.1 Å². The maximum Gasteiger partial charge on any atom is 0.249 e. The van der Waals surface area contributed by atoms with Crippen molar-refractivity contribution in [3.63, 3.8) is 0 Å². The van der Waals surface area contributed by atoms with E-state index in [9.17, 15) is 9.59 Å². The number of methoxy groups -OCH3 is 3. The van der Waals surface area contributed by atoms with E-state index in [4.69, 9.17) is 14.2 Å². The van der Waals surface area contributed by atoms with Gasteiger partial charge in [0.25, 0.3) is 0 Å². The summed E-state index contributed by atoms with van der Waals surface area (Å²) in [6.45, 7) is 5.71. The van der Waals surface area contributed by atoms with Crippen LogP contribution in [0.4, 0.5) is 5.69 Å². The Labute approximate surface area is 233 Å². The van der Waals surface area contributed by atoms with Gasteiger partial charge in [-0.15, -0.1) is 5.10 Å². The minimum Gasteiger partial charge on any atom is -0.497 e. The van der Waals surface area contributed by atoms with E-state index in [1.54, 1.807) is 49.6 Å². The average molecular weight is 546 g/mol. The molecule has 2 amide bonds. The number of carbonyl (C=O) groups excluding carboxylic acids is 2. The minimum absolute atomic E-state index is 0.162. The van der Waals surface area contributed by atoms with Crippen molar-refractivity contribution in [3.05, 3.63) is 72.3 Å². The molecule has 0 aliphatic carbocycles. The SMILES string of the molecule is CCC(C)(C)NC(=O)[C@@H](c1cccc(OC)c1)N(C(=O)Cn1nnc2ccccc21)c1cc(OC)cc(OC)c1. The van der Waals surface area contributed by atoms with E-state index >= 15 is 0 Å². The van der Waals surface area contributed by atoms with E-state index in [0.717, 1.165) is 0 Å². The molecule has 3 aromatic carbocycles. The van der Waals surface area contributed by atoms with Gasteiger partial charge in [-0.1, -0.05) is 36.4 Å². The Bertz CT molecular complexity index is 1480. The predicted molar refractivity (Wildman–Crippen MR) is 153 cm³/mol. The van der Waals surface area contributed by atoms with Gasteiger partial charge in [-0.25, -0.2) is 4.68 Å². The summed E-state index contributed by atoms with van der Waals surface area (Å²) in [5, 5.41) is 11.5. The Morgan fingerprint density at radius 1 is 0.925 bits per heavy atom. The highest BCUT2D eigenvalue weighted by Crippen LogP contribution is 2.35. The molecule has 0 aliphatic heterocycles. The number of amides is 2. The molecule has 0 spiro atoms. The number of nitrogens with zero attached hydrogens (tertiary/aromatic N) is 4. The van der Waals surface area contributed by atoms with Crippen molar-refractivity contribution in [2.75, 3.05) is 26.2 Å². The van der Waals surface area contributed by atoms with Crippen LogP contribution in [0.5, 0.6) is 17.2 Å². The van der Waals surface area contributed by atoms with Crippen LogP contribution < -0.4 is 24.4 Å². The Morgan fingerprint density at radius 3 is 2.25 bits per heavy atom. The molecular formula is C30H35N5O5. The Morgan fingerprint density at radius 2 is 1.60 bits per heavy atom. The molecule has 0 saturated heterocycles. The zero-order valence-corrected chi connectivity index (χ0v) is 23.7. The smallest absolute Gasteiger partial charge is 0.249 e. The molecule has 1 heterocycles. The van der Waals surface area contributed by atoms with Gasteiger partial charge in [0.1, 0.15) is 35.4 Å². The maximum atomic E-state index is 14.3. The number of carbonyl (C=O) groups is 2. The Kier molecular flexibility index (Phi) is 8.57. The molecule has 1 aromatic heterocycles. The quantitative estimate of drug-likeness (QED) is 0.295. The third kappa shape index (κ3) is 6.17. The lowest BCUT2D eigenvalue weighted by Gasteiger charge is -2.35. The Hall–Kier alpha value is -4.60. The van der Waals surface area contributed by atoms with Gasteiger partial charge >= 0.3 is 0 Å². The molecular weight excluding hydrogens is 510 g/mol. The van der Waals surface area contributed by atoms with Crippen LogP contribution in [0.1, 0.15) is 38.8 Å². The molecule has 0 bridgehead atoms. The fourth-order valence-corrected chi connectivity index (χ4v) is 4.33. The van der Waals surface area contributed by atoms with Gasteiger partial charge in [0.05, 0.1) is 32.5 Å². The zero-order valence-electron chi connectivity index (χ0n) is 23.7. The van der Waals surface area contributed by atoms with Gasteiger partial charge in [0, 0.05) is 23.7 Å². The summed E-state index contributed by atoms with van der Waals surface area (Å²) in [4.78, 5) is 29.9. The predicted octanol–water partition coefficient (Wildman–Crippen LogP) is 4.54. The van der Waals surface area contributed by atoms with Crippen LogP contribution in [-0.4, -0.2) is 53.7 Å². The molecule has 10 heteroatoms. The van der Waals surface area contributed by atoms with E-state index in [2.05, 4.69) is 15.6 Å². The molecule has 210 valence electrons. The van der Waals surface area contributed by atoms with Crippen LogP contribution in [0, 0.1) is 0 Å². The molecule has 0 fully saturated rings. The first-order valence-electron chi connectivity index (χ1n) is 13.0. The molecule has 0 unspecified atom stereocenters. The number of nitrogens with one attached hydrogen (secondary N) is 1. The van der Waals surface area contributed by atoms with Crippen molar-refractivity contribution >= 4 is 28.5 Å². The van der Waals surface area contributed by atoms with Crippen LogP contribution in [0.2, 0.25) is 0 Å². The number of para-hydroxylation sites is 1. The molecule has 4 aromatic rings. The summed E-state index contributed by atoms with van der Waals surface area (Å²) >= 11 is 0. The highest BCUT2D eigenvalue weighted by atomic mass is 16.5. The summed E-state index contributed by atoms with van der Waals surface area (Å²) < 4.78 is 18.0. The van der Waals surface area contributed by atoms with Crippen LogP contribution in [0.15, 0.2) is 66.7 Å². The van der Waals surface area contributed by atoms with Crippen LogP contribution >= 0.6 is 0 Å². The van der Waals surface area contributed by atoms with Crippen molar-refractivity contribution in [2.24, 2.45) is 0 Å². The minimum atomic E-state index is -1.06. The molecule has 0 aliphatic rings. The van der Waals surface area contributed by atoms with Crippen molar-refractivity contribution in [1.82, 2.24) is 20.3 Å². The largest absolute Gasteiger partial charge is 0.497 e. The lowest BCUT2D eigenvalue weighted by atomic mass is 9.98. The van der Waals surface area contributed by atoms with E-state index in [1.165, 1.54) is 23.8 Å². The van der Waals surface area contributed by atoms with E-state index < -0.39 is 11.6 Å². The first-order chi connectivity index (χ1) is 19.2. The number of benzene rings is 3. The van der Waals surface area contributed by atoms with Gasteiger partial charge in [0.15, 0.2) is 0 Å². The third-order valence-electron chi connectivity index (χ3n) is 6.85. The number of rotatable bonds is 11.